The van der Waals surface area contributed by atoms with Crippen molar-refractivity contribution in [2.24, 2.45) is 0 Å². The van der Waals surface area contributed by atoms with Crippen LogP contribution >= 0.6 is 0 Å². The van der Waals surface area contributed by atoms with Crippen LogP contribution in [0.15, 0.2) is 223 Å². The molecule has 0 unspecified atom stereocenters. The van der Waals surface area contributed by atoms with Gasteiger partial charge in [-0.05, 0) is 121 Å². The summed E-state index contributed by atoms with van der Waals surface area (Å²) in [4.78, 5) is 10.7. The zero-order valence-electron chi connectivity index (χ0n) is 35.6. The van der Waals surface area contributed by atoms with Gasteiger partial charge in [0.25, 0.3) is 0 Å². The van der Waals surface area contributed by atoms with E-state index in [2.05, 4.69) is 202 Å². The number of aromatic nitrogens is 2. The van der Waals surface area contributed by atoms with Crippen molar-refractivity contribution in [1.82, 2.24) is 9.97 Å². The second-order valence-electron chi connectivity index (χ2n) is 17.4. The standard InChI is InChI=1S/C61H42N2O/c1-61(2)54-26-13-11-24-50(54)51-30-28-43(37-55(51)61)41-20-15-21-44(32-41)56-38-57(63-60(62-56)40-18-7-4-8-19-40)47-34-45(42-29-31-59-53(36-42)52-25-12-14-27-58(52)64-59)33-46(35-47)49-23-10-9-22-48(49)39-16-5-3-6-17-39/h3-38H,1-2H3. The SMILES string of the molecule is CC1(C)c2ccccc2-c2ccc(-c3cccc(-c4cc(-c5cc(-c6ccc7oc8ccccc8c7c6)cc(-c6ccccc6-c6ccccc6)c5)nc(-c5ccccc5)n4)c3)cc21. The van der Waals surface area contributed by atoms with Crippen molar-refractivity contribution < 1.29 is 4.42 Å². The van der Waals surface area contributed by atoms with E-state index < -0.39 is 0 Å². The highest BCUT2D eigenvalue weighted by Crippen LogP contribution is 2.50. The van der Waals surface area contributed by atoms with Crippen molar-refractivity contribution in [3.63, 3.8) is 0 Å². The highest BCUT2D eigenvalue weighted by atomic mass is 16.3. The van der Waals surface area contributed by atoms with E-state index in [9.17, 15) is 0 Å². The van der Waals surface area contributed by atoms with Crippen molar-refractivity contribution in [2.45, 2.75) is 19.3 Å². The van der Waals surface area contributed by atoms with Gasteiger partial charge in [0.05, 0.1) is 11.4 Å². The minimum atomic E-state index is -0.0846. The molecule has 0 saturated carbocycles. The topological polar surface area (TPSA) is 38.9 Å². The minimum Gasteiger partial charge on any atom is -0.456 e. The largest absolute Gasteiger partial charge is 0.456 e. The van der Waals surface area contributed by atoms with E-state index in [1.165, 1.54) is 38.9 Å². The van der Waals surface area contributed by atoms with E-state index in [-0.39, 0.29) is 5.41 Å². The normalized spacial score (nSPS) is 12.7. The Bertz CT molecular complexity index is 3580. The molecule has 0 fully saturated rings. The smallest absolute Gasteiger partial charge is 0.160 e. The minimum absolute atomic E-state index is 0.0846. The zero-order chi connectivity index (χ0) is 42.8. The summed E-state index contributed by atoms with van der Waals surface area (Å²) >= 11 is 0. The maximum absolute atomic E-state index is 6.27. The number of furan rings is 1. The van der Waals surface area contributed by atoms with Crippen LogP contribution in [0.3, 0.4) is 0 Å². The van der Waals surface area contributed by atoms with Crippen molar-refractivity contribution in [2.75, 3.05) is 0 Å². The van der Waals surface area contributed by atoms with Crippen LogP contribution in [0.2, 0.25) is 0 Å². The Kier molecular flexibility index (Phi) is 8.84. The second-order valence-corrected chi connectivity index (χ2v) is 17.4. The first kappa shape index (κ1) is 37.6. The maximum atomic E-state index is 6.27. The van der Waals surface area contributed by atoms with E-state index in [1.54, 1.807) is 0 Å². The summed E-state index contributed by atoms with van der Waals surface area (Å²) in [6.45, 7) is 4.67. The molecule has 11 aromatic rings. The third-order valence-corrected chi connectivity index (χ3v) is 13.1. The molecule has 302 valence electrons. The summed E-state index contributed by atoms with van der Waals surface area (Å²) in [7, 11) is 0. The van der Waals surface area contributed by atoms with Crippen LogP contribution in [0.25, 0.3) is 111 Å². The van der Waals surface area contributed by atoms with Crippen molar-refractivity contribution in [3.05, 3.63) is 230 Å². The second kappa shape index (κ2) is 15.0. The molecular weight excluding hydrogens is 777 g/mol. The fourth-order valence-electron chi connectivity index (χ4n) is 9.81. The van der Waals surface area contributed by atoms with Crippen LogP contribution in [0.5, 0.6) is 0 Å². The Morgan fingerprint density at radius 1 is 0.312 bits per heavy atom. The monoisotopic (exact) mass is 818 g/mol. The quantitative estimate of drug-likeness (QED) is 0.161. The van der Waals surface area contributed by atoms with Gasteiger partial charge >= 0.3 is 0 Å². The van der Waals surface area contributed by atoms with Gasteiger partial charge < -0.3 is 4.42 Å². The van der Waals surface area contributed by atoms with Gasteiger partial charge in [-0.25, -0.2) is 9.97 Å². The van der Waals surface area contributed by atoms with Crippen molar-refractivity contribution in [1.29, 1.82) is 0 Å². The lowest BCUT2D eigenvalue weighted by molar-refractivity contribution is 0.660. The lowest BCUT2D eigenvalue weighted by Crippen LogP contribution is -2.14. The number of fused-ring (bicyclic) bond motifs is 6. The highest BCUT2D eigenvalue weighted by molar-refractivity contribution is 6.06. The van der Waals surface area contributed by atoms with Gasteiger partial charge in [-0.2, -0.15) is 0 Å². The Labute approximate surface area is 373 Å². The van der Waals surface area contributed by atoms with E-state index in [0.717, 1.165) is 77.8 Å². The van der Waals surface area contributed by atoms with Crippen LogP contribution in [-0.4, -0.2) is 9.97 Å². The van der Waals surface area contributed by atoms with Crippen LogP contribution in [0.1, 0.15) is 25.0 Å². The molecule has 3 nitrogen and oxygen atoms in total. The van der Waals surface area contributed by atoms with Gasteiger partial charge in [-0.1, -0.05) is 178 Å². The Morgan fingerprint density at radius 3 is 1.66 bits per heavy atom. The van der Waals surface area contributed by atoms with Gasteiger partial charge in [0.2, 0.25) is 0 Å². The molecule has 1 aliphatic rings. The molecular formula is C61H42N2O. The predicted molar refractivity (Wildman–Crippen MR) is 265 cm³/mol. The van der Waals surface area contributed by atoms with Crippen molar-refractivity contribution in [3.8, 4) is 89.5 Å². The molecule has 2 aromatic heterocycles. The average Bonchev–Trinajstić information content (AvgIpc) is 3.85. The summed E-state index contributed by atoms with van der Waals surface area (Å²) in [5.41, 5.74) is 20.9. The van der Waals surface area contributed by atoms with E-state index in [4.69, 9.17) is 14.4 Å². The number of rotatable bonds is 7. The highest BCUT2D eigenvalue weighted by Gasteiger charge is 2.35. The van der Waals surface area contributed by atoms with Crippen molar-refractivity contribution >= 4 is 21.9 Å². The molecule has 0 spiro atoms. The lowest BCUT2D eigenvalue weighted by atomic mass is 9.81. The number of hydrogen-bond acceptors (Lipinski definition) is 3. The summed E-state index contributed by atoms with van der Waals surface area (Å²) in [6, 6.07) is 78.0. The molecule has 0 atom stereocenters. The molecule has 64 heavy (non-hydrogen) atoms. The van der Waals surface area contributed by atoms with Gasteiger partial charge in [-0.15, -0.1) is 0 Å². The van der Waals surface area contributed by atoms with Gasteiger partial charge in [-0.3, -0.25) is 0 Å². The first-order valence-corrected chi connectivity index (χ1v) is 22.0. The summed E-state index contributed by atoms with van der Waals surface area (Å²) in [6.07, 6.45) is 0. The van der Waals surface area contributed by atoms with Crippen LogP contribution < -0.4 is 0 Å². The molecule has 0 amide bonds. The molecule has 0 radical (unpaired) electrons. The Hall–Kier alpha value is -8.14. The molecule has 1 aliphatic carbocycles. The van der Waals surface area contributed by atoms with E-state index in [1.807, 2.05) is 30.3 Å². The molecule has 9 aromatic carbocycles. The fraction of sp³-hybridized carbons (Fsp3) is 0.0492. The number of hydrogen-bond donors (Lipinski definition) is 0. The first-order valence-electron chi connectivity index (χ1n) is 22.0. The maximum Gasteiger partial charge on any atom is 0.160 e. The molecule has 2 heterocycles. The summed E-state index contributed by atoms with van der Waals surface area (Å²) in [5.74, 6) is 0.679. The molecule has 12 rings (SSSR count). The number of nitrogens with zero attached hydrogens (tertiary/aromatic N) is 2. The van der Waals surface area contributed by atoms with Gasteiger partial charge in [0.1, 0.15) is 11.2 Å². The van der Waals surface area contributed by atoms with Crippen LogP contribution in [0.4, 0.5) is 0 Å². The third kappa shape index (κ3) is 6.44. The number of para-hydroxylation sites is 1. The molecule has 0 bridgehead atoms. The number of benzene rings is 9. The molecule has 0 aliphatic heterocycles. The Balaban J connectivity index is 1.04. The molecule has 0 N–H and O–H groups in total. The average molecular weight is 819 g/mol. The molecule has 0 saturated heterocycles. The zero-order valence-corrected chi connectivity index (χ0v) is 35.6. The lowest BCUT2D eigenvalue weighted by Gasteiger charge is -2.22. The Morgan fingerprint density at radius 2 is 0.844 bits per heavy atom. The van der Waals surface area contributed by atoms with Crippen LogP contribution in [-0.2, 0) is 5.41 Å². The van der Waals surface area contributed by atoms with E-state index >= 15 is 0 Å². The van der Waals surface area contributed by atoms with E-state index in [0.29, 0.717) is 5.82 Å². The van der Waals surface area contributed by atoms with Gasteiger partial charge in [0.15, 0.2) is 5.82 Å². The van der Waals surface area contributed by atoms with Crippen LogP contribution in [0, 0.1) is 0 Å². The summed E-state index contributed by atoms with van der Waals surface area (Å²) < 4.78 is 6.27. The first-order chi connectivity index (χ1) is 31.4. The summed E-state index contributed by atoms with van der Waals surface area (Å²) in [5, 5.41) is 2.20. The molecule has 3 heteroatoms. The van der Waals surface area contributed by atoms with Gasteiger partial charge in [0, 0.05) is 32.9 Å². The third-order valence-electron chi connectivity index (χ3n) is 13.1. The fourth-order valence-corrected chi connectivity index (χ4v) is 9.81. The predicted octanol–water partition coefficient (Wildman–Crippen LogP) is 16.4.